The van der Waals surface area contributed by atoms with Gasteiger partial charge in [-0.25, -0.2) is 0 Å². The van der Waals surface area contributed by atoms with E-state index in [0.717, 1.165) is 13.1 Å². The van der Waals surface area contributed by atoms with Crippen LogP contribution in [-0.2, 0) is 13.1 Å². The predicted octanol–water partition coefficient (Wildman–Crippen LogP) is 2.67. The largest absolute Gasteiger partial charge is 0.388 e. The molecule has 0 unspecified atom stereocenters. The summed E-state index contributed by atoms with van der Waals surface area (Å²) < 4.78 is 0. The Morgan fingerprint density at radius 3 is 2.29 bits per heavy atom. The van der Waals surface area contributed by atoms with Crippen molar-refractivity contribution in [1.82, 2.24) is 5.32 Å². The summed E-state index contributed by atoms with van der Waals surface area (Å²) in [6, 6.07) is 4.51. The molecule has 2 heteroatoms. The van der Waals surface area contributed by atoms with Gasteiger partial charge in [-0.1, -0.05) is 19.9 Å². The van der Waals surface area contributed by atoms with Crippen molar-refractivity contribution in [2.75, 3.05) is 12.4 Å². The summed E-state index contributed by atoms with van der Waals surface area (Å²) in [5.74, 6) is 0. The van der Waals surface area contributed by atoms with Crippen LogP contribution in [0.1, 0.15) is 30.5 Å². The molecule has 2 nitrogen and oxygen atoms in total. The molecule has 0 bridgehead atoms. The van der Waals surface area contributed by atoms with Crippen molar-refractivity contribution in [2.24, 2.45) is 0 Å². The molecule has 2 rings (SSSR count). The van der Waals surface area contributed by atoms with Gasteiger partial charge in [0.05, 0.1) is 0 Å². The van der Waals surface area contributed by atoms with E-state index in [0.29, 0.717) is 0 Å². The van der Waals surface area contributed by atoms with Crippen LogP contribution in [0.2, 0.25) is 0 Å². The molecule has 1 aromatic rings. The predicted molar refractivity (Wildman–Crippen MR) is 62.6 cm³/mol. The van der Waals surface area contributed by atoms with E-state index in [4.69, 9.17) is 0 Å². The average Bonchev–Trinajstić information content (AvgIpc) is 2.66. The van der Waals surface area contributed by atoms with E-state index in [1.165, 1.54) is 22.4 Å². The monoisotopic (exact) mass is 192 g/mol. The topological polar surface area (TPSA) is 24.1 Å². The van der Waals surface area contributed by atoms with E-state index in [1.54, 1.807) is 0 Å². The van der Waals surface area contributed by atoms with Crippen LogP contribution in [0.15, 0.2) is 12.1 Å². The Morgan fingerprint density at radius 1 is 1.14 bits per heavy atom. The molecule has 0 atom stereocenters. The van der Waals surface area contributed by atoms with Crippen LogP contribution in [0.3, 0.4) is 0 Å². The summed E-state index contributed by atoms with van der Waals surface area (Å²) in [5.41, 5.74) is 5.47. The zero-order chi connectivity index (χ0) is 10.6. The molecule has 14 heavy (non-hydrogen) atoms. The van der Waals surface area contributed by atoms with Crippen LogP contribution in [-0.4, -0.2) is 7.05 Å². The first-order chi connectivity index (χ1) is 6.81. The second kappa shape index (κ2) is 5.01. The fraction of sp³-hybridized carbons (Fsp3) is 0.500. The molecule has 1 aromatic carbocycles. The van der Waals surface area contributed by atoms with Gasteiger partial charge in [0.2, 0.25) is 0 Å². The SMILES string of the molecule is CC.CNc1cc2c(cc1C)CNC2. The molecule has 0 radical (unpaired) electrons. The van der Waals surface area contributed by atoms with Crippen LogP contribution in [0, 0.1) is 6.92 Å². The first kappa shape index (κ1) is 11.1. The minimum Gasteiger partial charge on any atom is -0.388 e. The summed E-state index contributed by atoms with van der Waals surface area (Å²) in [7, 11) is 1.97. The summed E-state index contributed by atoms with van der Waals surface area (Å²) in [4.78, 5) is 0. The van der Waals surface area contributed by atoms with E-state index in [2.05, 4.69) is 29.7 Å². The van der Waals surface area contributed by atoms with Gasteiger partial charge in [0, 0.05) is 25.8 Å². The molecule has 1 heterocycles. The zero-order valence-corrected chi connectivity index (χ0v) is 9.57. The third-order valence-electron chi connectivity index (χ3n) is 2.45. The molecule has 0 aromatic heterocycles. The highest BCUT2D eigenvalue weighted by atomic mass is 14.9. The molecule has 0 aliphatic carbocycles. The van der Waals surface area contributed by atoms with Crippen molar-refractivity contribution >= 4 is 5.69 Å². The number of rotatable bonds is 1. The van der Waals surface area contributed by atoms with Crippen molar-refractivity contribution in [2.45, 2.75) is 33.9 Å². The summed E-state index contributed by atoms with van der Waals surface area (Å²) in [5, 5.41) is 6.54. The first-order valence-corrected chi connectivity index (χ1v) is 5.32. The fourth-order valence-electron chi connectivity index (χ4n) is 1.74. The molecule has 0 spiro atoms. The Hall–Kier alpha value is -1.02. The Labute approximate surface area is 86.7 Å². The number of hydrogen-bond acceptors (Lipinski definition) is 2. The first-order valence-electron chi connectivity index (χ1n) is 5.32. The number of hydrogen-bond donors (Lipinski definition) is 2. The highest BCUT2D eigenvalue weighted by Gasteiger charge is 2.11. The lowest BCUT2D eigenvalue weighted by molar-refractivity contribution is 0.765. The third-order valence-corrected chi connectivity index (χ3v) is 2.45. The average molecular weight is 192 g/mol. The van der Waals surface area contributed by atoms with Crippen molar-refractivity contribution < 1.29 is 0 Å². The minimum absolute atomic E-state index is 1.02. The zero-order valence-electron chi connectivity index (χ0n) is 9.57. The smallest absolute Gasteiger partial charge is 0.0370 e. The summed E-state index contributed by atoms with van der Waals surface area (Å²) >= 11 is 0. The molecule has 2 N–H and O–H groups in total. The van der Waals surface area contributed by atoms with Gasteiger partial charge in [-0.2, -0.15) is 0 Å². The second-order valence-electron chi connectivity index (χ2n) is 3.29. The number of benzene rings is 1. The molecule has 0 fully saturated rings. The van der Waals surface area contributed by atoms with Gasteiger partial charge in [0.15, 0.2) is 0 Å². The van der Waals surface area contributed by atoms with Gasteiger partial charge in [-0.15, -0.1) is 0 Å². The van der Waals surface area contributed by atoms with Crippen LogP contribution in [0.4, 0.5) is 5.69 Å². The van der Waals surface area contributed by atoms with Gasteiger partial charge < -0.3 is 10.6 Å². The van der Waals surface area contributed by atoms with E-state index >= 15 is 0 Å². The number of nitrogens with one attached hydrogen (secondary N) is 2. The van der Waals surface area contributed by atoms with Crippen molar-refractivity contribution in [3.63, 3.8) is 0 Å². The minimum atomic E-state index is 1.02. The van der Waals surface area contributed by atoms with E-state index in [9.17, 15) is 0 Å². The van der Waals surface area contributed by atoms with E-state index in [-0.39, 0.29) is 0 Å². The third kappa shape index (κ3) is 2.07. The van der Waals surface area contributed by atoms with Crippen LogP contribution in [0.25, 0.3) is 0 Å². The lowest BCUT2D eigenvalue weighted by Gasteiger charge is -2.07. The fourth-order valence-corrected chi connectivity index (χ4v) is 1.74. The lowest BCUT2D eigenvalue weighted by atomic mass is 10.1. The van der Waals surface area contributed by atoms with Crippen molar-refractivity contribution in [3.05, 3.63) is 28.8 Å². The molecule has 1 aliphatic rings. The molecule has 0 saturated heterocycles. The summed E-state index contributed by atoms with van der Waals surface area (Å²) in [6.45, 7) is 8.19. The van der Waals surface area contributed by atoms with Gasteiger partial charge in [0.25, 0.3) is 0 Å². The maximum absolute atomic E-state index is 3.34. The van der Waals surface area contributed by atoms with E-state index < -0.39 is 0 Å². The maximum atomic E-state index is 3.34. The van der Waals surface area contributed by atoms with Gasteiger partial charge in [0.1, 0.15) is 0 Å². The molecular weight excluding hydrogens is 172 g/mol. The van der Waals surface area contributed by atoms with Gasteiger partial charge in [-0.05, 0) is 29.7 Å². The Kier molecular flexibility index (Phi) is 3.96. The maximum Gasteiger partial charge on any atom is 0.0370 e. The van der Waals surface area contributed by atoms with Gasteiger partial charge >= 0.3 is 0 Å². The lowest BCUT2D eigenvalue weighted by Crippen LogP contribution is -1.99. The molecular formula is C12H20N2. The Morgan fingerprint density at radius 2 is 1.71 bits per heavy atom. The molecule has 0 amide bonds. The number of fused-ring (bicyclic) bond motifs is 1. The Bertz CT molecular complexity index is 305. The standard InChI is InChI=1S/C10H14N2.C2H6/c1-7-3-8-5-12-6-9(8)4-10(7)11-2;1-2/h3-4,11-12H,5-6H2,1-2H3;1-2H3. The normalized spacial score (nSPS) is 12.9. The van der Waals surface area contributed by atoms with Crippen LogP contribution < -0.4 is 10.6 Å². The van der Waals surface area contributed by atoms with Crippen LogP contribution >= 0.6 is 0 Å². The quantitative estimate of drug-likeness (QED) is 0.715. The summed E-state index contributed by atoms with van der Waals surface area (Å²) in [6.07, 6.45) is 0. The van der Waals surface area contributed by atoms with Crippen molar-refractivity contribution in [3.8, 4) is 0 Å². The van der Waals surface area contributed by atoms with Crippen molar-refractivity contribution in [1.29, 1.82) is 0 Å². The molecule has 0 saturated carbocycles. The second-order valence-corrected chi connectivity index (χ2v) is 3.29. The highest BCUT2D eigenvalue weighted by molar-refractivity contribution is 5.55. The molecule has 78 valence electrons. The highest BCUT2D eigenvalue weighted by Crippen LogP contribution is 2.23. The number of anilines is 1. The molecule has 1 aliphatic heterocycles. The van der Waals surface area contributed by atoms with Gasteiger partial charge in [-0.3, -0.25) is 0 Å². The van der Waals surface area contributed by atoms with E-state index in [1.807, 2.05) is 20.9 Å². The Balaban J connectivity index is 0.000000461. The number of aryl methyl sites for hydroxylation is 1. The van der Waals surface area contributed by atoms with Crippen LogP contribution in [0.5, 0.6) is 0 Å².